The lowest BCUT2D eigenvalue weighted by molar-refractivity contribution is -0.140. The number of hydrogen-bond acceptors (Lipinski definition) is 4. The molecule has 0 saturated heterocycles. The first-order valence-electron chi connectivity index (χ1n) is 5.31. The van der Waals surface area contributed by atoms with Gasteiger partial charge in [0.1, 0.15) is 12.1 Å². The molecule has 3 nitrogen and oxygen atoms in total. The molecule has 1 aromatic carbocycles. The molecule has 0 saturated carbocycles. The van der Waals surface area contributed by atoms with Crippen LogP contribution in [0.2, 0.25) is 0 Å². The van der Waals surface area contributed by atoms with Crippen molar-refractivity contribution in [2.45, 2.75) is 11.1 Å². The molecule has 1 aromatic heterocycles. The minimum Gasteiger partial charge on any atom is -0.438 e. The molecule has 0 unspecified atom stereocenters. The van der Waals surface area contributed by atoms with Crippen LogP contribution in [0.3, 0.4) is 0 Å². The number of rotatable bonds is 3. The van der Waals surface area contributed by atoms with Crippen LogP contribution < -0.4 is 4.74 Å². The van der Waals surface area contributed by atoms with Gasteiger partial charge in [-0.2, -0.15) is 13.2 Å². The third-order valence-electron chi connectivity index (χ3n) is 2.33. The van der Waals surface area contributed by atoms with Crippen LogP contribution in [0.1, 0.15) is 5.56 Å². The van der Waals surface area contributed by atoms with Crippen molar-refractivity contribution in [3.63, 3.8) is 0 Å². The molecule has 0 bridgehead atoms. The van der Waals surface area contributed by atoms with E-state index >= 15 is 0 Å². The van der Waals surface area contributed by atoms with E-state index in [1.165, 1.54) is 30.7 Å². The van der Waals surface area contributed by atoms with Gasteiger partial charge in [0.25, 0.3) is 0 Å². The highest BCUT2D eigenvalue weighted by molar-refractivity contribution is 9.10. The van der Waals surface area contributed by atoms with E-state index in [4.69, 9.17) is 4.74 Å². The maximum absolute atomic E-state index is 13.1. The summed E-state index contributed by atoms with van der Waals surface area (Å²) in [6, 6.07) is 4.24. The summed E-state index contributed by atoms with van der Waals surface area (Å²) in [5.74, 6) is 0.289. The molecular weight excluding hydrogens is 357 g/mol. The van der Waals surface area contributed by atoms with Crippen molar-refractivity contribution in [2.24, 2.45) is 0 Å². The summed E-state index contributed by atoms with van der Waals surface area (Å²) in [6.45, 7) is 0. The molecular formula is C12H8BrF3N2OS. The Morgan fingerprint density at radius 3 is 2.55 bits per heavy atom. The van der Waals surface area contributed by atoms with Gasteiger partial charge in [0, 0.05) is 16.7 Å². The maximum atomic E-state index is 13.1. The number of benzene rings is 1. The molecule has 1 heterocycles. The van der Waals surface area contributed by atoms with E-state index in [0.29, 0.717) is 0 Å². The summed E-state index contributed by atoms with van der Waals surface area (Å²) >= 11 is 3.89. The van der Waals surface area contributed by atoms with Gasteiger partial charge in [-0.3, -0.25) is 0 Å². The number of hydrogen-bond donors (Lipinski definition) is 0. The van der Waals surface area contributed by atoms with Crippen LogP contribution in [0.5, 0.6) is 11.6 Å². The van der Waals surface area contributed by atoms with Gasteiger partial charge in [0.2, 0.25) is 5.88 Å². The molecule has 0 aliphatic rings. The summed E-state index contributed by atoms with van der Waals surface area (Å²) in [6.07, 6.45) is -0.200. The Bertz CT molecular complexity index is 608. The van der Waals surface area contributed by atoms with Crippen LogP contribution in [0.25, 0.3) is 0 Å². The summed E-state index contributed by atoms with van der Waals surface area (Å²) in [5.41, 5.74) is -0.753. The van der Waals surface area contributed by atoms with Gasteiger partial charge in [-0.05, 0) is 18.4 Å². The van der Waals surface area contributed by atoms with E-state index < -0.39 is 11.7 Å². The Kier molecular flexibility index (Phi) is 4.54. The normalized spacial score (nSPS) is 11.4. The summed E-state index contributed by atoms with van der Waals surface area (Å²) < 4.78 is 44.6. The minimum atomic E-state index is -4.47. The second-order valence-corrected chi connectivity index (χ2v) is 5.27. The summed E-state index contributed by atoms with van der Waals surface area (Å²) in [7, 11) is 0. The number of aromatic nitrogens is 2. The van der Waals surface area contributed by atoms with E-state index in [-0.39, 0.29) is 21.0 Å². The molecule has 0 aliphatic carbocycles. The van der Waals surface area contributed by atoms with Gasteiger partial charge in [0.15, 0.2) is 0 Å². The van der Waals surface area contributed by atoms with Crippen molar-refractivity contribution < 1.29 is 17.9 Å². The fourth-order valence-electron chi connectivity index (χ4n) is 1.54. The molecule has 20 heavy (non-hydrogen) atoms. The predicted octanol–water partition coefficient (Wildman–Crippen LogP) is 4.77. The zero-order chi connectivity index (χ0) is 14.8. The Hall–Kier alpha value is -1.28. The van der Waals surface area contributed by atoms with Gasteiger partial charge in [-0.15, -0.1) is 11.8 Å². The number of alkyl halides is 3. The lowest BCUT2D eigenvalue weighted by atomic mass is 10.2. The van der Waals surface area contributed by atoms with Crippen molar-refractivity contribution in [3.8, 4) is 11.6 Å². The number of ether oxygens (including phenoxy) is 1. The Morgan fingerprint density at radius 2 is 2.00 bits per heavy atom. The maximum Gasteiger partial charge on any atom is 0.418 e. The van der Waals surface area contributed by atoms with Crippen LogP contribution >= 0.6 is 27.7 Å². The zero-order valence-electron chi connectivity index (χ0n) is 10.1. The second kappa shape index (κ2) is 6.01. The zero-order valence-corrected chi connectivity index (χ0v) is 12.5. The van der Waals surface area contributed by atoms with Crippen molar-refractivity contribution in [2.75, 3.05) is 6.26 Å². The monoisotopic (exact) mass is 364 g/mol. The molecule has 0 N–H and O–H groups in total. The SMILES string of the molecule is CSc1c(Oc2ccncn2)ccc(Br)c1C(F)(F)F. The molecule has 0 amide bonds. The van der Waals surface area contributed by atoms with Crippen LogP contribution in [0.4, 0.5) is 13.2 Å². The largest absolute Gasteiger partial charge is 0.438 e. The summed E-state index contributed by atoms with van der Waals surface area (Å²) in [4.78, 5) is 7.55. The third-order valence-corrected chi connectivity index (χ3v) is 3.80. The number of halogens is 4. The van der Waals surface area contributed by atoms with Gasteiger partial charge >= 0.3 is 6.18 Å². The fraction of sp³-hybridized carbons (Fsp3) is 0.167. The molecule has 8 heteroatoms. The van der Waals surface area contributed by atoms with Gasteiger partial charge < -0.3 is 4.74 Å². The predicted molar refractivity (Wildman–Crippen MR) is 73.0 cm³/mol. The fourth-order valence-corrected chi connectivity index (χ4v) is 2.97. The van der Waals surface area contributed by atoms with Gasteiger partial charge in [0.05, 0.1) is 10.5 Å². The molecule has 0 aliphatic heterocycles. The van der Waals surface area contributed by atoms with Crippen LogP contribution in [-0.4, -0.2) is 16.2 Å². The highest BCUT2D eigenvalue weighted by Crippen LogP contribution is 2.45. The number of thioether (sulfide) groups is 1. The van der Waals surface area contributed by atoms with Gasteiger partial charge in [-0.25, -0.2) is 9.97 Å². The lowest BCUT2D eigenvalue weighted by Crippen LogP contribution is -2.09. The van der Waals surface area contributed by atoms with Gasteiger partial charge in [-0.1, -0.05) is 15.9 Å². The molecule has 0 atom stereocenters. The first-order valence-corrected chi connectivity index (χ1v) is 7.33. The van der Waals surface area contributed by atoms with Crippen molar-refractivity contribution in [3.05, 3.63) is 40.8 Å². The van der Waals surface area contributed by atoms with E-state index in [9.17, 15) is 13.2 Å². The summed E-state index contributed by atoms with van der Waals surface area (Å²) in [5, 5.41) is 0. The van der Waals surface area contributed by atoms with E-state index in [2.05, 4.69) is 25.9 Å². The van der Waals surface area contributed by atoms with E-state index in [0.717, 1.165) is 11.8 Å². The molecule has 0 spiro atoms. The van der Waals surface area contributed by atoms with Crippen LogP contribution in [0, 0.1) is 0 Å². The third kappa shape index (κ3) is 3.24. The van der Waals surface area contributed by atoms with Crippen LogP contribution in [-0.2, 0) is 6.18 Å². The van der Waals surface area contributed by atoms with Crippen molar-refractivity contribution in [1.29, 1.82) is 0 Å². The quantitative estimate of drug-likeness (QED) is 0.734. The number of nitrogens with zero attached hydrogens (tertiary/aromatic N) is 2. The lowest BCUT2D eigenvalue weighted by Gasteiger charge is -2.16. The molecule has 0 fully saturated rings. The average molecular weight is 365 g/mol. The molecule has 106 valence electrons. The molecule has 2 rings (SSSR count). The standard InChI is InChI=1S/C12H8BrF3N2OS/c1-20-11-8(19-9-4-5-17-6-18-9)3-2-7(13)10(11)12(14,15)16/h2-6H,1H3. The first-order chi connectivity index (χ1) is 9.43. The van der Waals surface area contributed by atoms with E-state index in [1.807, 2.05) is 0 Å². The average Bonchev–Trinajstić information content (AvgIpc) is 2.40. The molecule has 2 aromatic rings. The Labute approximate surface area is 125 Å². The highest BCUT2D eigenvalue weighted by atomic mass is 79.9. The van der Waals surface area contributed by atoms with Crippen LogP contribution in [0.15, 0.2) is 40.1 Å². The topological polar surface area (TPSA) is 35.0 Å². The smallest absolute Gasteiger partial charge is 0.418 e. The highest BCUT2D eigenvalue weighted by Gasteiger charge is 2.37. The first kappa shape index (κ1) is 15.1. The second-order valence-electron chi connectivity index (χ2n) is 3.60. The minimum absolute atomic E-state index is 0.00508. The van der Waals surface area contributed by atoms with Crippen molar-refractivity contribution in [1.82, 2.24) is 9.97 Å². The Morgan fingerprint density at radius 1 is 1.25 bits per heavy atom. The Balaban J connectivity index is 2.50. The van der Waals surface area contributed by atoms with E-state index in [1.54, 1.807) is 6.26 Å². The van der Waals surface area contributed by atoms with Crippen molar-refractivity contribution >= 4 is 27.7 Å². The molecule has 0 radical (unpaired) electrons.